The number of nitrogens with one attached hydrogen (secondary N) is 1. The Labute approximate surface area is 227 Å². The fraction of sp³-hybridized carbons (Fsp3) is 0.258. The first kappa shape index (κ1) is 26.3. The molecule has 39 heavy (non-hydrogen) atoms. The number of carbonyl (C=O) groups is 1. The van der Waals surface area contributed by atoms with Crippen LogP contribution < -0.4 is 15.0 Å². The van der Waals surface area contributed by atoms with E-state index in [0.717, 1.165) is 41.2 Å². The maximum Gasteiger partial charge on any atom is 0.337 e. The Hall–Kier alpha value is -4.30. The molecule has 0 saturated carbocycles. The Kier molecular flexibility index (Phi) is 7.84. The van der Waals surface area contributed by atoms with Crippen molar-refractivity contribution in [1.82, 2.24) is 9.97 Å². The van der Waals surface area contributed by atoms with Gasteiger partial charge in [-0.05, 0) is 80.3 Å². The molecule has 3 aromatic carbocycles. The molecule has 0 amide bonds. The Bertz CT molecular complexity index is 1460. The van der Waals surface area contributed by atoms with Gasteiger partial charge in [0, 0.05) is 23.5 Å². The molecule has 1 aliphatic heterocycles. The van der Waals surface area contributed by atoms with E-state index in [4.69, 9.17) is 14.5 Å². The molecule has 1 unspecified atom stereocenters. The molecular weight excluding hydrogens is 495 g/mol. The molecule has 1 aliphatic rings. The van der Waals surface area contributed by atoms with Crippen LogP contribution in [0, 0.1) is 19.7 Å². The SMILES string of the molecule is Cc1nc(Nc2ccc(F)cc2)nc(N2CCc3ccc(OC(=O)COCc4ccccc4)cc3C2C)c1C. The zero-order chi connectivity index (χ0) is 27.4. The minimum Gasteiger partial charge on any atom is -0.425 e. The van der Waals surface area contributed by atoms with Gasteiger partial charge in [0.1, 0.15) is 24.0 Å². The van der Waals surface area contributed by atoms with Crippen LogP contribution in [0.5, 0.6) is 5.75 Å². The van der Waals surface area contributed by atoms with E-state index in [1.54, 1.807) is 12.1 Å². The summed E-state index contributed by atoms with van der Waals surface area (Å²) >= 11 is 0. The Morgan fingerprint density at radius 2 is 1.82 bits per heavy atom. The summed E-state index contributed by atoms with van der Waals surface area (Å²) in [5, 5.41) is 3.19. The van der Waals surface area contributed by atoms with Crippen LogP contribution in [0.15, 0.2) is 72.8 Å². The van der Waals surface area contributed by atoms with Crippen molar-refractivity contribution in [3.05, 3.63) is 107 Å². The standard InChI is InChI=1S/C31H31FN4O3/c1-20-21(2)33-31(34-26-12-10-25(32)11-13-26)35-30(20)36-16-15-24-9-14-27(17-28(24)22(36)3)39-29(37)19-38-18-23-7-5-4-6-8-23/h4-14,17,22H,15-16,18-19H2,1-3H3,(H,33,34,35). The number of hydrogen-bond donors (Lipinski definition) is 1. The molecule has 0 saturated heterocycles. The molecule has 1 N–H and O–H groups in total. The van der Waals surface area contributed by atoms with Crippen LogP contribution in [0.25, 0.3) is 0 Å². The van der Waals surface area contributed by atoms with Crippen LogP contribution in [0.2, 0.25) is 0 Å². The van der Waals surface area contributed by atoms with E-state index in [1.165, 1.54) is 17.7 Å². The normalized spacial score (nSPS) is 14.6. The van der Waals surface area contributed by atoms with E-state index in [9.17, 15) is 9.18 Å². The summed E-state index contributed by atoms with van der Waals surface area (Å²) in [5.74, 6) is 1.04. The van der Waals surface area contributed by atoms with Gasteiger partial charge in [-0.1, -0.05) is 36.4 Å². The molecule has 0 bridgehead atoms. The summed E-state index contributed by atoms with van der Waals surface area (Å²) in [6, 6.07) is 21.6. The lowest BCUT2D eigenvalue weighted by Crippen LogP contribution is -2.35. The zero-order valence-corrected chi connectivity index (χ0v) is 22.3. The number of anilines is 3. The van der Waals surface area contributed by atoms with Crippen molar-refractivity contribution in [3.63, 3.8) is 0 Å². The topological polar surface area (TPSA) is 76.6 Å². The van der Waals surface area contributed by atoms with Crippen molar-refractivity contribution in [2.24, 2.45) is 0 Å². The van der Waals surface area contributed by atoms with Crippen molar-refractivity contribution < 1.29 is 18.7 Å². The third-order valence-corrected chi connectivity index (χ3v) is 6.96. The van der Waals surface area contributed by atoms with Crippen molar-refractivity contribution in [2.75, 3.05) is 23.4 Å². The number of aryl methyl sites for hydroxylation is 1. The minimum absolute atomic E-state index is 0.00611. The van der Waals surface area contributed by atoms with Gasteiger partial charge in [0.25, 0.3) is 0 Å². The van der Waals surface area contributed by atoms with Gasteiger partial charge in [0.15, 0.2) is 0 Å². The smallest absolute Gasteiger partial charge is 0.337 e. The molecule has 0 radical (unpaired) electrons. The maximum absolute atomic E-state index is 13.3. The number of benzene rings is 3. The molecule has 7 nitrogen and oxygen atoms in total. The molecule has 1 aromatic heterocycles. The van der Waals surface area contributed by atoms with Crippen LogP contribution in [-0.4, -0.2) is 29.1 Å². The minimum atomic E-state index is -0.440. The third kappa shape index (κ3) is 6.23. The summed E-state index contributed by atoms with van der Waals surface area (Å²) < 4.78 is 24.5. The van der Waals surface area contributed by atoms with Crippen molar-refractivity contribution in [3.8, 4) is 5.75 Å². The largest absolute Gasteiger partial charge is 0.425 e. The lowest BCUT2D eigenvalue weighted by Gasteiger charge is -2.37. The van der Waals surface area contributed by atoms with Crippen LogP contribution in [0.4, 0.5) is 21.8 Å². The number of esters is 1. The quantitative estimate of drug-likeness (QED) is 0.216. The molecule has 0 aliphatic carbocycles. The van der Waals surface area contributed by atoms with Gasteiger partial charge in [-0.2, -0.15) is 4.98 Å². The van der Waals surface area contributed by atoms with Gasteiger partial charge in [-0.15, -0.1) is 0 Å². The van der Waals surface area contributed by atoms with Gasteiger partial charge in [0.2, 0.25) is 5.95 Å². The fourth-order valence-electron chi connectivity index (χ4n) is 4.74. The third-order valence-electron chi connectivity index (χ3n) is 6.96. The first-order valence-corrected chi connectivity index (χ1v) is 13.0. The fourth-order valence-corrected chi connectivity index (χ4v) is 4.74. The van der Waals surface area contributed by atoms with Gasteiger partial charge in [0.05, 0.1) is 12.6 Å². The van der Waals surface area contributed by atoms with Crippen LogP contribution in [-0.2, 0) is 22.6 Å². The van der Waals surface area contributed by atoms with Crippen LogP contribution >= 0.6 is 0 Å². The average molecular weight is 527 g/mol. The highest BCUT2D eigenvalue weighted by Gasteiger charge is 2.28. The number of rotatable bonds is 8. The Morgan fingerprint density at radius 1 is 1.05 bits per heavy atom. The monoisotopic (exact) mass is 526 g/mol. The molecule has 4 aromatic rings. The Morgan fingerprint density at radius 3 is 2.59 bits per heavy atom. The van der Waals surface area contributed by atoms with E-state index < -0.39 is 5.97 Å². The first-order valence-electron chi connectivity index (χ1n) is 13.0. The lowest BCUT2D eigenvalue weighted by molar-refractivity contribution is -0.139. The molecule has 2 heterocycles. The highest BCUT2D eigenvalue weighted by Crippen LogP contribution is 2.37. The van der Waals surface area contributed by atoms with E-state index in [0.29, 0.717) is 24.0 Å². The van der Waals surface area contributed by atoms with Crippen LogP contribution in [0.1, 0.15) is 40.9 Å². The number of hydrogen-bond acceptors (Lipinski definition) is 7. The first-order chi connectivity index (χ1) is 18.9. The van der Waals surface area contributed by atoms with Gasteiger partial charge in [-0.25, -0.2) is 14.2 Å². The van der Waals surface area contributed by atoms with E-state index >= 15 is 0 Å². The lowest BCUT2D eigenvalue weighted by atomic mass is 9.93. The summed E-state index contributed by atoms with van der Waals surface area (Å²) in [5.41, 5.74) is 5.86. The number of carbonyl (C=O) groups excluding carboxylic acids is 1. The second-order valence-corrected chi connectivity index (χ2v) is 9.65. The van der Waals surface area contributed by atoms with E-state index in [2.05, 4.69) is 22.1 Å². The Balaban J connectivity index is 1.30. The predicted octanol–water partition coefficient (Wildman–Crippen LogP) is 6.22. The van der Waals surface area contributed by atoms with Crippen molar-refractivity contribution >= 4 is 23.4 Å². The second kappa shape index (κ2) is 11.6. The molecule has 1 atom stereocenters. The zero-order valence-electron chi connectivity index (χ0n) is 22.3. The summed E-state index contributed by atoms with van der Waals surface area (Å²) in [7, 11) is 0. The molecule has 200 valence electrons. The number of ether oxygens (including phenoxy) is 2. The summed E-state index contributed by atoms with van der Waals surface area (Å²) in [4.78, 5) is 24.1. The van der Waals surface area contributed by atoms with Crippen molar-refractivity contribution in [2.45, 2.75) is 39.8 Å². The molecule has 0 fully saturated rings. The molecule has 8 heteroatoms. The second-order valence-electron chi connectivity index (χ2n) is 9.65. The van der Waals surface area contributed by atoms with Crippen LogP contribution in [0.3, 0.4) is 0 Å². The predicted molar refractivity (Wildman–Crippen MR) is 149 cm³/mol. The van der Waals surface area contributed by atoms with E-state index in [-0.39, 0.29) is 18.5 Å². The highest BCUT2D eigenvalue weighted by molar-refractivity contribution is 5.73. The van der Waals surface area contributed by atoms with Gasteiger partial charge >= 0.3 is 5.97 Å². The average Bonchev–Trinajstić information content (AvgIpc) is 2.93. The van der Waals surface area contributed by atoms with Crippen molar-refractivity contribution in [1.29, 1.82) is 0 Å². The maximum atomic E-state index is 13.3. The number of aromatic nitrogens is 2. The molecule has 5 rings (SSSR count). The number of nitrogens with zero attached hydrogens (tertiary/aromatic N) is 3. The number of fused-ring (bicyclic) bond motifs is 1. The van der Waals surface area contributed by atoms with Gasteiger partial charge in [-0.3, -0.25) is 0 Å². The van der Waals surface area contributed by atoms with E-state index in [1.807, 2.05) is 62.4 Å². The van der Waals surface area contributed by atoms with Gasteiger partial charge < -0.3 is 19.7 Å². The molecular formula is C31H31FN4O3. The summed E-state index contributed by atoms with van der Waals surface area (Å²) in [6.45, 7) is 7.10. The molecule has 0 spiro atoms. The highest BCUT2D eigenvalue weighted by atomic mass is 19.1. The number of halogens is 1. The summed E-state index contributed by atoms with van der Waals surface area (Å²) in [6.07, 6.45) is 0.831.